The molecular formula is C15H26N2O. The summed E-state index contributed by atoms with van der Waals surface area (Å²) in [4.78, 5) is 0. The molecule has 0 bridgehead atoms. The van der Waals surface area contributed by atoms with Crippen LogP contribution in [0.15, 0.2) is 12.3 Å². The number of aromatic nitrogens is 2. The van der Waals surface area contributed by atoms with Crippen LogP contribution in [0.2, 0.25) is 0 Å². The van der Waals surface area contributed by atoms with Gasteiger partial charge in [-0.1, -0.05) is 26.7 Å². The van der Waals surface area contributed by atoms with Crippen LogP contribution in [0.25, 0.3) is 0 Å². The van der Waals surface area contributed by atoms with Crippen molar-refractivity contribution in [2.24, 2.45) is 11.8 Å². The highest BCUT2D eigenvalue weighted by molar-refractivity contribution is 5.01. The lowest BCUT2D eigenvalue weighted by Gasteiger charge is -2.15. The van der Waals surface area contributed by atoms with E-state index in [1.165, 1.54) is 25.7 Å². The average Bonchev–Trinajstić information content (AvgIpc) is 2.97. The summed E-state index contributed by atoms with van der Waals surface area (Å²) in [6.07, 6.45) is 9.34. The Balaban J connectivity index is 1.92. The van der Waals surface area contributed by atoms with Gasteiger partial charge in [0.15, 0.2) is 0 Å². The van der Waals surface area contributed by atoms with Gasteiger partial charge in [0.1, 0.15) is 0 Å². The number of aliphatic hydroxyl groups excluding tert-OH is 1. The van der Waals surface area contributed by atoms with Crippen LogP contribution < -0.4 is 0 Å². The molecule has 0 spiro atoms. The molecule has 1 saturated carbocycles. The van der Waals surface area contributed by atoms with Gasteiger partial charge in [-0.3, -0.25) is 4.68 Å². The zero-order valence-electron chi connectivity index (χ0n) is 11.7. The van der Waals surface area contributed by atoms with Gasteiger partial charge in [-0.05, 0) is 43.6 Å². The van der Waals surface area contributed by atoms with Crippen molar-refractivity contribution in [3.8, 4) is 0 Å². The van der Waals surface area contributed by atoms with Crippen LogP contribution >= 0.6 is 0 Å². The Kier molecular flexibility index (Phi) is 4.81. The summed E-state index contributed by atoms with van der Waals surface area (Å²) >= 11 is 0. The minimum absolute atomic E-state index is 0.272. The molecule has 0 aliphatic heterocycles. The largest absolute Gasteiger partial charge is 0.396 e. The van der Waals surface area contributed by atoms with Gasteiger partial charge in [0.25, 0.3) is 0 Å². The number of rotatable bonds is 6. The van der Waals surface area contributed by atoms with Gasteiger partial charge in [0.05, 0.1) is 11.7 Å². The lowest BCUT2D eigenvalue weighted by Crippen LogP contribution is -2.13. The van der Waals surface area contributed by atoms with E-state index in [9.17, 15) is 5.11 Å². The predicted octanol–water partition coefficient (Wildman–Crippen LogP) is 3.20. The molecule has 3 nitrogen and oxygen atoms in total. The van der Waals surface area contributed by atoms with Crippen LogP contribution in [0.1, 0.15) is 57.7 Å². The van der Waals surface area contributed by atoms with E-state index in [4.69, 9.17) is 5.10 Å². The fourth-order valence-electron chi connectivity index (χ4n) is 3.04. The first-order valence-corrected chi connectivity index (χ1v) is 7.34. The van der Waals surface area contributed by atoms with Crippen molar-refractivity contribution >= 4 is 0 Å². The maximum atomic E-state index is 9.42. The van der Waals surface area contributed by atoms with Gasteiger partial charge in [-0.15, -0.1) is 0 Å². The summed E-state index contributed by atoms with van der Waals surface area (Å²) < 4.78 is 2.14. The van der Waals surface area contributed by atoms with E-state index in [2.05, 4.69) is 30.8 Å². The predicted molar refractivity (Wildman–Crippen MR) is 73.5 cm³/mol. The van der Waals surface area contributed by atoms with E-state index in [0.29, 0.717) is 17.9 Å². The molecule has 18 heavy (non-hydrogen) atoms. The second kappa shape index (κ2) is 6.37. The molecule has 1 heterocycles. The van der Waals surface area contributed by atoms with Crippen LogP contribution in [-0.2, 0) is 6.42 Å². The molecule has 0 aromatic carbocycles. The minimum atomic E-state index is 0.272. The maximum absolute atomic E-state index is 9.42. The Morgan fingerprint density at radius 1 is 1.39 bits per heavy atom. The van der Waals surface area contributed by atoms with Crippen molar-refractivity contribution in [1.82, 2.24) is 9.78 Å². The van der Waals surface area contributed by atoms with Crippen molar-refractivity contribution in [3.63, 3.8) is 0 Å². The van der Waals surface area contributed by atoms with E-state index >= 15 is 0 Å². The molecular weight excluding hydrogens is 224 g/mol. The lowest BCUT2D eigenvalue weighted by molar-refractivity contribution is 0.204. The minimum Gasteiger partial charge on any atom is -0.396 e. The number of hydrogen-bond donors (Lipinski definition) is 1. The van der Waals surface area contributed by atoms with Crippen LogP contribution in [0.3, 0.4) is 0 Å². The van der Waals surface area contributed by atoms with Gasteiger partial charge in [-0.2, -0.15) is 5.10 Å². The average molecular weight is 250 g/mol. The first-order valence-electron chi connectivity index (χ1n) is 7.34. The Morgan fingerprint density at radius 3 is 2.72 bits per heavy atom. The Morgan fingerprint density at radius 2 is 2.11 bits per heavy atom. The standard InChI is InChI=1S/C15H26N2O/c1-12(2)9-13(11-18)10-14-7-8-17(16-14)15-5-3-4-6-15/h7-8,12-13,15,18H,3-6,9-11H2,1-2H3. The quantitative estimate of drug-likeness (QED) is 0.842. The number of aliphatic hydroxyl groups is 1. The van der Waals surface area contributed by atoms with Crippen LogP contribution in [0.5, 0.6) is 0 Å². The molecule has 0 radical (unpaired) electrons. The highest BCUT2D eigenvalue weighted by Gasteiger charge is 2.18. The second-order valence-electron chi connectivity index (χ2n) is 6.11. The summed E-state index contributed by atoms with van der Waals surface area (Å²) in [6.45, 7) is 4.69. The molecule has 1 aromatic rings. The molecule has 0 amide bonds. The Labute approximate surface area is 110 Å². The smallest absolute Gasteiger partial charge is 0.0628 e. The zero-order chi connectivity index (χ0) is 13.0. The molecule has 2 rings (SSSR count). The summed E-state index contributed by atoms with van der Waals surface area (Å²) in [6, 6.07) is 2.75. The van der Waals surface area contributed by atoms with Crippen LogP contribution in [0.4, 0.5) is 0 Å². The molecule has 1 unspecified atom stereocenters. The SMILES string of the molecule is CC(C)CC(CO)Cc1ccn(C2CCCC2)n1. The van der Waals surface area contributed by atoms with Gasteiger partial charge < -0.3 is 5.11 Å². The van der Waals surface area contributed by atoms with E-state index in [1.54, 1.807) is 0 Å². The van der Waals surface area contributed by atoms with E-state index < -0.39 is 0 Å². The third kappa shape index (κ3) is 3.58. The highest BCUT2D eigenvalue weighted by atomic mass is 16.3. The van der Waals surface area contributed by atoms with Gasteiger partial charge in [0, 0.05) is 12.8 Å². The fourth-order valence-corrected chi connectivity index (χ4v) is 3.04. The first kappa shape index (κ1) is 13.6. The van der Waals surface area contributed by atoms with Gasteiger partial charge >= 0.3 is 0 Å². The van der Waals surface area contributed by atoms with Crippen LogP contribution in [-0.4, -0.2) is 21.5 Å². The normalized spacial score (nSPS) is 18.7. The molecule has 3 heteroatoms. The summed E-state index contributed by atoms with van der Waals surface area (Å²) in [5.74, 6) is 0.996. The summed E-state index contributed by atoms with van der Waals surface area (Å²) in [5.41, 5.74) is 1.14. The molecule has 1 aliphatic carbocycles. The van der Waals surface area contributed by atoms with Crippen LogP contribution in [0, 0.1) is 11.8 Å². The third-order valence-corrected chi connectivity index (χ3v) is 3.92. The molecule has 1 aromatic heterocycles. The van der Waals surface area contributed by atoms with E-state index in [1.807, 2.05) is 0 Å². The molecule has 0 saturated heterocycles. The van der Waals surface area contributed by atoms with Crippen molar-refractivity contribution < 1.29 is 5.11 Å². The fraction of sp³-hybridized carbons (Fsp3) is 0.800. The van der Waals surface area contributed by atoms with Gasteiger partial charge in [-0.25, -0.2) is 0 Å². The lowest BCUT2D eigenvalue weighted by atomic mass is 9.94. The topological polar surface area (TPSA) is 38.0 Å². The molecule has 1 fully saturated rings. The summed E-state index contributed by atoms with van der Waals surface area (Å²) in [5, 5.41) is 14.1. The van der Waals surface area contributed by atoms with Crippen molar-refractivity contribution in [2.75, 3.05) is 6.61 Å². The first-order chi connectivity index (χ1) is 8.69. The summed E-state index contributed by atoms with van der Waals surface area (Å²) in [7, 11) is 0. The Bertz CT molecular complexity index is 353. The van der Waals surface area contributed by atoms with Gasteiger partial charge in [0.2, 0.25) is 0 Å². The second-order valence-corrected chi connectivity index (χ2v) is 6.11. The molecule has 1 N–H and O–H groups in total. The maximum Gasteiger partial charge on any atom is 0.0628 e. The monoisotopic (exact) mass is 250 g/mol. The molecule has 1 atom stereocenters. The zero-order valence-corrected chi connectivity index (χ0v) is 11.7. The number of nitrogens with zero attached hydrogens (tertiary/aromatic N) is 2. The van der Waals surface area contributed by atoms with E-state index in [0.717, 1.165) is 18.5 Å². The molecule has 102 valence electrons. The Hall–Kier alpha value is -0.830. The number of hydrogen-bond acceptors (Lipinski definition) is 2. The van der Waals surface area contributed by atoms with Crippen molar-refractivity contribution in [2.45, 2.75) is 58.4 Å². The van der Waals surface area contributed by atoms with Crippen molar-refractivity contribution in [3.05, 3.63) is 18.0 Å². The highest BCUT2D eigenvalue weighted by Crippen LogP contribution is 2.29. The van der Waals surface area contributed by atoms with E-state index in [-0.39, 0.29) is 6.61 Å². The van der Waals surface area contributed by atoms with Crippen molar-refractivity contribution in [1.29, 1.82) is 0 Å². The third-order valence-electron chi connectivity index (χ3n) is 3.92. The molecule has 1 aliphatic rings.